The molecule has 1 saturated heterocycles. The Morgan fingerprint density at radius 1 is 1.11 bits per heavy atom. The maximum Gasteiger partial charge on any atom is 0.251 e. The predicted molar refractivity (Wildman–Crippen MR) is 147 cm³/mol. The first-order chi connectivity index (χ1) is 17.9. The Hall–Kier alpha value is -2.79. The molecule has 1 heterocycles. The van der Waals surface area contributed by atoms with E-state index in [1.54, 1.807) is 0 Å². The summed E-state index contributed by atoms with van der Waals surface area (Å²) in [6, 6.07) is 15.1. The third kappa shape index (κ3) is 6.38. The van der Waals surface area contributed by atoms with Gasteiger partial charge >= 0.3 is 0 Å². The quantitative estimate of drug-likeness (QED) is 0.408. The number of nitrogens with zero attached hydrogens (tertiary/aromatic N) is 1. The highest BCUT2D eigenvalue weighted by Gasteiger charge is 2.44. The van der Waals surface area contributed by atoms with Crippen LogP contribution in [-0.2, 0) is 11.2 Å². The first kappa shape index (κ1) is 25.8. The van der Waals surface area contributed by atoms with E-state index in [-0.39, 0.29) is 17.9 Å². The monoisotopic (exact) mass is 520 g/mol. The number of aryl methyl sites for hydroxylation is 1. The van der Waals surface area contributed by atoms with Crippen LogP contribution in [0.2, 0.25) is 5.02 Å². The molecule has 3 atom stereocenters. The van der Waals surface area contributed by atoms with Crippen LogP contribution in [0.1, 0.15) is 61.4 Å². The van der Waals surface area contributed by atoms with Gasteiger partial charge in [-0.15, -0.1) is 0 Å². The van der Waals surface area contributed by atoms with E-state index in [4.69, 9.17) is 16.3 Å². The summed E-state index contributed by atoms with van der Waals surface area (Å²) in [4.78, 5) is 27.4. The molecule has 0 aromatic heterocycles. The molecule has 2 amide bonds. The molecule has 2 fully saturated rings. The zero-order valence-corrected chi connectivity index (χ0v) is 22.4. The van der Waals surface area contributed by atoms with Crippen LogP contribution in [0.5, 0.6) is 5.75 Å². The minimum Gasteiger partial charge on any atom is -0.490 e. The summed E-state index contributed by atoms with van der Waals surface area (Å²) in [6.07, 6.45) is 11.1. The first-order valence-corrected chi connectivity index (χ1v) is 14.0. The predicted octanol–water partition coefficient (Wildman–Crippen LogP) is 6.06. The van der Waals surface area contributed by atoms with Crippen LogP contribution in [0.15, 0.2) is 60.7 Å². The maximum atomic E-state index is 12.8. The molecule has 3 unspecified atom stereocenters. The zero-order valence-electron chi connectivity index (χ0n) is 21.6. The van der Waals surface area contributed by atoms with E-state index >= 15 is 0 Å². The minimum atomic E-state index is -0.0474. The Morgan fingerprint density at radius 2 is 1.89 bits per heavy atom. The van der Waals surface area contributed by atoms with E-state index in [1.807, 2.05) is 53.4 Å². The van der Waals surface area contributed by atoms with Gasteiger partial charge in [-0.05, 0) is 78.8 Å². The van der Waals surface area contributed by atoms with Crippen molar-refractivity contribution >= 4 is 23.4 Å². The van der Waals surface area contributed by atoms with Crippen molar-refractivity contribution in [2.45, 2.75) is 58.0 Å². The summed E-state index contributed by atoms with van der Waals surface area (Å²) in [5.41, 5.74) is 2.06. The second kappa shape index (κ2) is 11.3. The summed E-state index contributed by atoms with van der Waals surface area (Å²) >= 11 is 5.94. The van der Waals surface area contributed by atoms with Gasteiger partial charge in [-0.1, -0.05) is 48.9 Å². The molecule has 196 valence electrons. The lowest BCUT2D eigenvalue weighted by molar-refractivity contribution is -0.132. The number of hydrogen-bond acceptors (Lipinski definition) is 3. The van der Waals surface area contributed by atoms with Crippen LogP contribution >= 0.6 is 11.6 Å². The number of likely N-dealkylation sites (tertiary alicyclic amines) is 1. The van der Waals surface area contributed by atoms with Gasteiger partial charge in [-0.2, -0.15) is 0 Å². The number of allylic oxidation sites excluding steroid dienone is 2. The molecule has 2 aliphatic carbocycles. The highest BCUT2D eigenvalue weighted by atomic mass is 35.5. The molecule has 3 aliphatic rings. The lowest BCUT2D eigenvalue weighted by Crippen LogP contribution is -2.41. The van der Waals surface area contributed by atoms with Crippen molar-refractivity contribution in [1.29, 1.82) is 0 Å². The van der Waals surface area contributed by atoms with Gasteiger partial charge in [0.25, 0.3) is 5.91 Å². The molecule has 2 aromatic rings. The second-order valence-electron chi connectivity index (χ2n) is 11.2. The Kier molecular flexibility index (Phi) is 7.89. The first-order valence-electron chi connectivity index (χ1n) is 13.6. The SMILES string of the molecule is CC1(CCNC(=O)c2cccc(OC3CCN(C(=O)CCc4ccc(Cl)cc4)CC3)c2)CC2C=CC1C2. The summed E-state index contributed by atoms with van der Waals surface area (Å²) in [5.74, 6) is 2.25. The molecule has 1 saturated carbocycles. The summed E-state index contributed by atoms with van der Waals surface area (Å²) in [7, 11) is 0. The van der Waals surface area contributed by atoms with E-state index < -0.39 is 0 Å². The molecule has 5 nitrogen and oxygen atoms in total. The molecule has 5 rings (SSSR count). The largest absolute Gasteiger partial charge is 0.490 e. The highest BCUT2D eigenvalue weighted by Crippen LogP contribution is 2.53. The van der Waals surface area contributed by atoms with E-state index in [9.17, 15) is 9.59 Å². The summed E-state index contributed by atoms with van der Waals surface area (Å²) < 4.78 is 6.21. The second-order valence-corrected chi connectivity index (χ2v) is 11.6. The number of carbonyl (C=O) groups excluding carboxylic acids is 2. The van der Waals surface area contributed by atoms with E-state index in [2.05, 4.69) is 24.4 Å². The molecular weight excluding hydrogens is 484 g/mol. The fourth-order valence-electron chi connectivity index (χ4n) is 6.23. The normalized spacial score (nSPS) is 24.9. The van der Waals surface area contributed by atoms with Gasteiger partial charge in [0.2, 0.25) is 5.91 Å². The molecular formula is C31H37ClN2O3. The number of rotatable bonds is 9. The van der Waals surface area contributed by atoms with Crippen molar-refractivity contribution in [2.75, 3.05) is 19.6 Å². The van der Waals surface area contributed by atoms with Crippen LogP contribution in [-0.4, -0.2) is 42.5 Å². The molecule has 2 bridgehead atoms. The van der Waals surface area contributed by atoms with Gasteiger partial charge in [-0.3, -0.25) is 9.59 Å². The van der Waals surface area contributed by atoms with Crippen LogP contribution < -0.4 is 10.1 Å². The zero-order chi connectivity index (χ0) is 25.8. The van der Waals surface area contributed by atoms with E-state index in [0.29, 0.717) is 53.7 Å². The number of halogens is 1. The molecule has 1 aliphatic heterocycles. The van der Waals surface area contributed by atoms with Gasteiger partial charge in [0.15, 0.2) is 0 Å². The average Bonchev–Trinajstić information content (AvgIpc) is 3.50. The van der Waals surface area contributed by atoms with Gasteiger partial charge in [-0.25, -0.2) is 0 Å². The molecule has 37 heavy (non-hydrogen) atoms. The molecule has 6 heteroatoms. The Balaban J connectivity index is 1.04. The van der Waals surface area contributed by atoms with Crippen molar-refractivity contribution < 1.29 is 14.3 Å². The topological polar surface area (TPSA) is 58.6 Å². The van der Waals surface area contributed by atoms with E-state index in [1.165, 1.54) is 12.8 Å². The van der Waals surface area contributed by atoms with Crippen molar-refractivity contribution in [3.63, 3.8) is 0 Å². The smallest absolute Gasteiger partial charge is 0.251 e. The van der Waals surface area contributed by atoms with Gasteiger partial charge in [0.05, 0.1) is 0 Å². The van der Waals surface area contributed by atoms with Crippen molar-refractivity contribution in [3.05, 3.63) is 76.8 Å². The number of hydrogen-bond donors (Lipinski definition) is 1. The molecule has 0 radical (unpaired) electrons. The molecule has 0 spiro atoms. The van der Waals surface area contributed by atoms with Crippen LogP contribution in [0.25, 0.3) is 0 Å². The van der Waals surface area contributed by atoms with E-state index in [0.717, 1.165) is 37.2 Å². The molecule has 1 N–H and O–H groups in total. The number of piperidine rings is 1. The number of amides is 2. The summed E-state index contributed by atoms with van der Waals surface area (Å²) in [5, 5.41) is 3.83. The lowest BCUT2D eigenvalue weighted by atomic mass is 9.75. The third-order valence-corrected chi connectivity index (χ3v) is 8.76. The fraction of sp³-hybridized carbons (Fsp3) is 0.484. The van der Waals surface area contributed by atoms with Crippen LogP contribution in [0.4, 0.5) is 0 Å². The maximum absolute atomic E-state index is 12.8. The Labute approximate surface area is 225 Å². The number of fused-ring (bicyclic) bond motifs is 2. The van der Waals surface area contributed by atoms with Gasteiger partial charge in [0.1, 0.15) is 11.9 Å². The fourth-order valence-corrected chi connectivity index (χ4v) is 6.36. The van der Waals surface area contributed by atoms with Crippen molar-refractivity contribution in [1.82, 2.24) is 10.2 Å². The number of carbonyl (C=O) groups is 2. The Morgan fingerprint density at radius 3 is 2.59 bits per heavy atom. The lowest BCUT2D eigenvalue weighted by Gasteiger charge is -2.32. The average molecular weight is 521 g/mol. The van der Waals surface area contributed by atoms with Crippen LogP contribution in [0.3, 0.4) is 0 Å². The van der Waals surface area contributed by atoms with Crippen LogP contribution in [0, 0.1) is 17.3 Å². The van der Waals surface area contributed by atoms with Crippen molar-refractivity contribution in [2.24, 2.45) is 17.3 Å². The Bertz CT molecular complexity index is 1140. The highest BCUT2D eigenvalue weighted by molar-refractivity contribution is 6.30. The van der Waals surface area contributed by atoms with Gasteiger partial charge in [0, 0.05) is 49.5 Å². The molecule has 2 aromatic carbocycles. The summed E-state index contributed by atoms with van der Waals surface area (Å²) in [6.45, 7) is 4.45. The standard InChI is InChI=1S/C31H37ClN2O3/c1-31(21-23-5-9-25(31)19-23)15-16-33-30(36)24-3-2-4-28(20-24)37-27-13-17-34(18-14-27)29(35)12-8-22-6-10-26(32)11-7-22/h2-7,9-11,20,23,25,27H,8,12-19,21H2,1H3,(H,33,36). The number of ether oxygens (including phenoxy) is 1. The van der Waals surface area contributed by atoms with Crippen molar-refractivity contribution in [3.8, 4) is 5.75 Å². The van der Waals surface area contributed by atoms with Gasteiger partial charge < -0.3 is 15.0 Å². The third-order valence-electron chi connectivity index (χ3n) is 8.51. The number of nitrogens with one attached hydrogen (secondary N) is 1. The minimum absolute atomic E-state index is 0.0458. The number of benzene rings is 2.